The van der Waals surface area contributed by atoms with E-state index in [0.29, 0.717) is 17.4 Å². The van der Waals surface area contributed by atoms with Crippen LogP contribution in [0.4, 0.5) is 0 Å². The summed E-state index contributed by atoms with van der Waals surface area (Å²) in [7, 11) is 5.95. The van der Waals surface area contributed by atoms with E-state index >= 15 is 0 Å². The molecule has 0 aliphatic carbocycles. The molecule has 0 aliphatic rings. The van der Waals surface area contributed by atoms with Gasteiger partial charge in [0.2, 0.25) is 0 Å². The van der Waals surface area contributed by atoms with Crippen LogP contribution in [-0.2, 0) is 33.3 Å². The van der Waals surface area contributed by atoms with Gasteiger partial charge in [-0.2, -0.15) is 0 Å². The van der Waals surface area contributed by atoms with E-state index in [4.69, 9.17) is 18.9 Å². The average Bonchev–Trinajstić information content (AvgIpc) is 3.40. The first kappa shape index (κ1) is 73.0. The summed E-state index contributed by atoms with van der Waals surface area (Å²) in [6.45, 7) is 4.72. The normalized spacial score (nSPS) is 13.5. The zero-order chi connectivity index (χ0) is 56.2. The Morgan fingerprint density at radius 1 is 0.403 bits per heavy atom. The first-order valence-corrected chi connectivity index (χ1v) is 31.1. The Morgan fingerprint density at radius 3 is 1.14 bits per heavy atom. The van der Waals surface area contributed by atoms with Crippen LogP contribution in [0, 0.1) is 0 Å². The Morgan fingerprint density at radius 2 is 0.740 bits per heavy atom. The smallest absolute Gasteiger partial charge is 0.361 e. The van der Waals surface area contributed by atoms with Crippen molar-refractivity contribution in [3.05, 3.63) is 109 Å². The number of unbranched alkanes of at least 4 members (excludes halogenated alkanes) is 23. The van der Waals surface area contributed by atoms with Gasteiger partial charge >= 0.3 is 17.9 Å². The van der Waals surface area contributed by atoms with Gasteiger partial charge in [0, 0.05) is 12.8 Å². The quantitative estimate of drug-likeness (QED) is 0.0211. The fraction of sp³-hybridized carbons (Fsp3) is 0.691. The van der Waals surface area contributed by atoms with Crippen molar-refractivity contribution < 1.29 is 42.9 Å². The van der Waals surface area contributed by atoms with Crippen molar-refractivity contribution in [2.75, 3.05) is 47.5 Å². The monoisotopic (exact) mass is 1070 g/mol. The molecule has 0 heterocycles. The Bertz CT molecular complexity index is 1630. The lowest BCUT2D eigenvalue weighted by Gasteiger charge is -2.25. The number of aliphatic carboxylic acids is 1. The lowest BCUT2D eigenvalue weighted by molar-refractivity contribution is -0.870. The van der Waals surface area contributed by atoms with Crippen LogP contribution in [0.25, 0.3) is 0 Å². The molecule has 0 aromatic carbocycles. The number of nitrogens with zero attached hydrogens (tertiary/aromatic N) is 1. The molecule has 77 heavy (non-hydrogen) atoms. The SMILES string of the molecule is CC/C=C\C/C=C\C/C=C\C/C=C\C/C=C\C/C=C\C/C=C\C/C=C\CCCCC(=O)OC(COC(=O)CCCCCCCCCCCCCCC/C=C\CCCCCCCCCC)COC(OCC[N+](C)(C)C)C(=O)O. The van der Waals surface area contributed by atoms with Crippen LogP contribution < -0.4 is 0 Å². The zero-order valence-electron chi connectivity index (χ0n) is 50.1. The van der Waals surface area contributed by atoms with Crippen LogP contribution >= 0.6 is 0 Å². The van der Waals surface area contributed by atoms with E-state index in [1.807, 2.05) is 21.1 Å². The predicted molar refractivity (Wildman–Crippen MR) is 327 cm³/mol. The number of carbonyl (C=O) groups excluding carboxylic acids is 2. The third-order valence-corrected chi connectivity index (χ3v) is 13.0. The molecule has 0 radical (unpaired) electrons. The summed E-state index contributed by atoms with van der Waals surface area (Å²) in [6.07, 6.45) is 77.5. The molecule has 2 atom stereocenters. The third kappa shape index (κ3) is 59.5. The van der Waals surface area contributed by atoms with Crippen molar-refractivity contribution >= 4 is 17.9 Å². The van der Waals surface area contributed by atoms with Gasteiger partial charge in [0.25, 0.3) is 6.29 Å². The van der Waals surface area contributed by atoms with E-state index in [1.54, 1.807) is 0 Å². The highest BCUT2D eigenvalue weighted by atomic mass is 16.7. The minimum Gasteiger partial charge on any atom is -0.477 e. The maximum Gasteiger partial charge on any atom is 0.361 e. The number of hydrogen-bond donors (Lipinski definition) is 1. The molecule has 0 fully saturated rings. The molecule has 1 N–H and O–H groups in total. The number of carboxylic acid groups (broad SMARTS) is 1. The lowest BCUT2D eigenvalue weighted by atomic mass is 10.0. The lowest BCUT2D eigenvalue weighted by Crippen LogP contribution is -2.40. The standard InChI is InChI=1S/C68H115NO8/c1-6-8-10-12-14-16-18-20-22-24-26-28-30-32-33-35-37-39-41-43-45-47-49-51-53-55-57-59-66(71)77-64(63-76-68(67(72)73)74-61-60-69(3,4)5)62-75-65(70)58-56-54-52-50-48-46-44-42-40-38-36-34-31-29-27-25-23-21-19-17-15-13-11-9-7-2/h8,10,14,16,20,22,25-28,32-33,37,39,43,45,49,51,64,68H,6-7,9,11-13,15,17-19,21,23-24,29-31,34-36,38,40-42,44,46-48,50,52-63H2,1-5H3/p+1/b10-8-,16-14-,22-20-,27-25-,28-26-,33-32-,39-37-,45-43-,51-49-. The molecule has 0 amide bonds. The van der Waals surface area contributed by atoms with Gasteiger partial charge in [-0.15, -0.1) is 0 Å². The van der Waals surface area contributed by atoms with Gasteiger partial charge in [-0.1, -0.05) is 239 Å². The fourth-order valence-corrected chi connectivity index (χ4v) is 8.26. The number of esters is 2. The largest absolute Gasteiger partial charge is 0.477 e. The van der Waals surface area contributed by atoms with E-state index in [9.17, 15) is 19.5 Å². The Kier molecular flexibility index (Phi) is 55.1. The molecule has 0 spiro atoms. The van der Waals surface area contributed by atoms with E-state index in [0.717, 1.165) is 83.5 Å². The predicted octanol–water partition coefficient (Wildman–Crippen LogP) is 18.7. The number of rotatable bonds is 56. The Balaban J connectivity index is 4.32. The third-order valence-electron chi connectivity index (χ3n) is 13.0. The number of allylic oxidation sites excluding steroid dienone is 18. The summed E-state index contributed by atoms with van der Waals surface area (Å²) >= 11 is 0. The van der Waals surface area contributed by atoms with Gasteiger partial charge in [-0.05, 0) is 103 Å². The summed E-state index contributed by atoms with van der Waals surface area (Å²) < 4.78 is 22.9. The fourth-order valence-electron chi connectivity index (χ4n) is 8.26. The summed E-state index contributed by atoms with van der Waals surface area (Å²) in [4.78, 5) is 37.5. The van der Waals surface area contributed by atoms with Crippen molar-refractivity contribution in [3.63, 3.8) is 0 Å². The molecular weight excluding hydrogens is 959 g/mol. The maximum atomic E-state index is 12.9. The van der Waals surface area contributed by atoms with Gasteiger partial charge in [-0.3, -0.25) is 9.59 Å². The van der Waals surface area contributed by atoms with E-state index in [1.165, 1.54) is 128 Å². The summed E-state index contributed by atoms with van der Waals surface area (Å²) in [5.41, 5.74) is 0. The van der Waals surface area contributed by atoms with Crippen LogP contribution in [-0.4, -0.2) is 87.4 Å². The van der Waals surface area contributed by atoms with Crippen molar-refractivity contribution in [1.82, 2.24) is 0 Å². The molecule has 0 saturated carbocycles. The second-order valence-electron chi connectivity index (χ2n) is 21.6. The number of hydrogen-bond acceptors (Lipinski definition) is 7. The molecule has 0 aromatic rings. The number of carbonyl (C=O) groups is 3. The highest BCUT2D eigenvalue weighted by Crippen LogP contribution is 2.16. The van der Waals surface area contributed by atoms with Gasteiger partial charge in [0.15, 0.2) is 6.10 Å². The first-order valence-electron chi connectivity index (χ1n) is 31.1. The molecule has 0 aromatic heterocycles. The van der Waals surface area contributed by atoms with Crippen molar-refractivity contribution in [2.24, 2.45) is 0 Å². The molecule has 0 bridgehead atoms. The van der Waals surface area contributed by atoms with Crippen LogP contribution in [0.2, 0.25) is 0 Å². The highest BCUT2D eigenvalue weighted by Gasteiger charge is 2.25. The van der Waals surface area contributed by atoms with E-state index in [2.05, 4.69) is 123 Å². The molecule has 0 aliphatic heterocycles. The maximum absolute atomic E-state index is 12.9. The number of likely N-dealkylation sites (N-methyl/N-ethyl adjacent to an activating group) is 1. The topological polar surface area (TPSA) is 108 Å². The molecule has 0 rings (SSSR count). The van der Waals surface area contributed by atoms with Gasteiger partial charge in [-0.25, -0.2) is 4.79 Å². The van der Waals surface area contributed by atoms with Crippen molar-refractivity contribution in [3.8, 4) is 0 Å². The van der Waals surface area contributed by atoms with E-state index in [-0.39, 0.29) is 38.6 Å². The number of carboxylic acids is 1. The van der Waals surface area contributed by atoms with Crippen LogP contribution in [0.15, 0.2) is 109 Å². The zero-order valence-corrected chi connectivity index (χ0v) is 50.1. The molecule has 9 heteroatoms. The first-order chi connectivity index (χ1) is 37.6. The molecule has 2 unspecified atom stereocenters. The summed E-state index contributed by atoms with van der Waals surface area (Å²) in [5.74, 6) is -2.07. The second kappa shape index (κ2) is 58.1. The second-order valence-corrected chi connectivity index (χ2v) is 21.6. The van der Waals surface area contributed by atoms with Crippen LogP contribution in [0.1, 0.15) is 245 Å². The van der Waals surface area contributed by atoms with Crippen molar-refractivity contribution in [1.29, 1.82) is 0 Å². The van der Waals surface area contributed by atoms with E-state index < -0.39 is 24.3 Å². The van der Waals surface area contributed by atoms with Crippen LogP contribution in [0.5, 0.6) is 0 Å². The number of quaternary nitrogens is 1. The highest BCUT2D eigenvalue weighted by molar-refractivity contribution is 5.71. The average molecular weight is 1080 g/mol. The molecular formula is C68H116NO8+. The van der Waals surface area contributed by atoms with Gasteiger partial charge < -0.3 is 28.5 Å². The van der Waals surface area contributed by atoms with Gasteiger partial charge in [0.1, 0.15) is 13.2 Å². The van der Waals surface area contributed by atoms with Crippen LogP contribution in [0.3, 0.4) is 0 Å². The Labute approximate surface area is 473 Å². The van der Waals surface area contributed by atoms with Crippen molar-refractivity contribution in [2.45, 2.75) is 257 Å². The molecule has 440 valence electrons. The minimum absolute atomic E-state index is 0.174. The summed E-state index contributed by atoms with van der Waals surface area (Å²) in [6, 6.07) is 0. The Hall–Kier alpha value is -4.05. The number of ether oxygens (including phenoxy) is 4. The molecule has 0 saturated heterocycles. The molecule has 9 nitrogen and oxygen atoms in total. The summed E-state index contributed by atoms with van der Waals surface area (Å²) in [5, 5.41) is 9.72. The van der Waals surface area contributed by atoms with Gasteiger partial charge in [0.05, 0.1) is 34.4 Å². The minimum atomic E-state index is -1.53.